The van der Waals surface area contributed by atoms with Gasteiger partial charge in [-0.15, -0.1) is 12.6 Å². The molecule has 0 amide bonds. The van der Waals surface area contributed by atoms with Crippen molar-refractivity contribution in [3.05, 3.63) is 48.0 Å². The van der Waals surface area contributed by atoms with Crippen LogP contribution in [-0.2, 0) is 0 Å². The number of benzene rings is 2. The zero-order valence-corrected chi connectivity index (χ0v) is 10.3. The van der Waals surface area contributed by atoms with Crippen molar-refractivity contribution in [2.75, 3.05) is 7.11 Å². The topological polar surface area (TPSA) is 9.23 Å². The normalized spacial score (nSPS) is 10.2. The third-order valence-electron chi connectivity index (χ3n) is 2.68. The average Bonchev–Trinajstić information content (AvgIpc) is 2.31. The second kappa shape index (κ2) is 4.62. The summed E-state index contributed by atoms with van der Waals surface area (Å²) in [7, 11) is 1.69. The van der Waals surface area contributed by atoms with Crippen LogP contribution in [0.25, 0.3) is 11.1 Å². The SMILES string of the molecule is COc1ccc(S)c(-c2ccccc2)c1C. The Bertz CT molecular complexity index is 492. The predicted octanol–water partition coefficient (Wildman–Crippen LogP) is 3.96. The quantitative estimate of drug-likeness (QED) is 0.768. The molecule has 16 heavy (non-hydrogen) atoms. The Morgan fingerprint density at radius 3 is 2.31 bits per heavy atom. The Balaban J connectivity index is 2.64. The highest BCUT2D eigenvalue weighted by molar-refractivity contribution is 7.80. The van der Waals surface area contributed by atoms with Crippen molar-refractivity contribution in [2.24, 2.45) is 0 Å². The van der Waals surface area contributed by atoms with Gasteiger partial charge in [-0.2, -0.15) is 0 Å². The van der Waals surface area contributed by atoms with Gasteiger partial charge in [0.15, 0.2) is 0 Å². The lowest BCUT2D eigenvalue weighted by molar-refractivity contribution is 0.411. The molecule has 0 aliphatic heterocycles. The monoisotopic (exact) mass is 230 g/mol. The van der Waals surface area contributed by atoms with Crippen molar-refractivity contribution in [2.45, 2.75) is 11.8 Å². The Hall–Kier alpha value is -1.41. The fraction of sp³-hybridized carbons (Fsp3) is 0.143. The van der Waals surface area contributed by atoms with Crippen LogP contribution in [0.5, 0.6) is 5.75 Å². The van der Waals surface area contributed by atoms with Crippen LogP contribution in [0.15, 0.2) is 47.4 Å². The smallest absolute Gasteiger partial charge is 0.122 e. The van der Waals surface area contributed by atoms with Crippen molar-refractivity contribution in [1.82, 2.24) is 0 Å². The fourth-order valence-corrected chi connectivity index (χ4v) is 2.24. The highest BCUT2D eigenvalue weighted by atomic mass is 32.1. The van der Waals surface area contributed by atoms with E-state index in [-0.39, 0.29) is 0 Å². The molecule has 0 saturated carbocycles. The van der Waals surface area contributed by atoms with Crippen LogP contribution in [-0.4, -0.2) is 7.11 Å². The second-order valence-electron chi connectivity index (χ2n) is 3.65. The van der Waals surface area contributed by atoms with Crippen LogP contribution in [0.2, 0.25) is 0 Å². The molecule has 0 fully saturated rings. The molecule has 0 heterocycles. The molecule has 0 aliphatic carbocycles. The highest BCUT2D eigenvalue weighted by Crippen LogP contribution is 2.34. The first-order valence-electron chi connectivity index (χ1n) is 5.16. The molecule has 0 N–H and O–H groups in total. The maximum Gasteiger partial charge on any atom is 0.122 e. The Morgan fingerprint density at radius 2 is 1.69 bits per heavy atom. The molecule has 82 valence electrons. The molecule has 2 heteroatoms. The minimum atomic E-state index is 0.900. The summed E-state index contributed by atoms with van der Waals surface area (Å²) in [5.41, 5.74) is 3.44. The largest absolute Gasteiger partial charge is 0.496 e. The summed E-state index contributed by atoms with van der Waals surface area (Å²) >= 11 is 4.51. The van der Waals surface area contributed by atoms with E-state index in [0.29, 0.717) is 0 Å². The Kier molecular flexibility index (Phi) is 3.20. The van der Waals surface area contributed by atoms with Gasteiger partial charge in [-0.1, -0.05) is 30.3 Å². The first-order valence-corrected chi connectivity index (χ1v) is 5.60. The van der Waals surface area contributed by atoms with Crippen molar-refractivity contribution < 1.29 is 4.74 Å². The van der Waals surface area contributed by atoms with Gasteiger partial charge in [0.1, 0.15) is 5.75 Å². The Labute approximate surface area is 101 Å². The number of thiol groups is 1. The Morgan fingerprint density at radius 1 is 1.00 bits per heavy atom. The van der Waals surface area contributed by atoms with E-state index < -0.39 is 0 Å². The zero-order valence-electron chi connectivity index (χ0n) is 9.40. The van der Waals surface area contributed by atoms with Gasteiger partial charge in [0.05, 0.1) is 7.11 Å². The van der Waals surface area contributed by atoms with Gasteiger partial charge in [0, 0.05) is 10.5 Å². The number of rotatable bonds is 2. The van der Waals surface area contributed by atoms with E-state index in [1.54, 1.807) is 7.11 Å². The predicted molar refractivity (Wildman–Crippen MR) is 70.4 cm³/mol. The molecule has 0 aliphatic rings. The van der Waals surface area contributed by atoms with Crippen LogP contribution < -0.4 is 4.74 Å². The van der Waals surface area contributed by atoms with Gasteiger partial charge < -0.3 is 4.74 Å². The number of hydrogen-bond acceptors (Lipinski definition) is 2. The fourth-order valence-electron chi connectivity index (χ4n) is 1.87. The van der Waals surface area contributed by atoms with Crippen LogP contribution in [0.3, 0.4) is 0 Å². The molecular weight excluding hydrogens is 216 g/mol. The van der Waals surface area contributed by atoms with E-state index in [9.17, 15) is 0 Å². The molecule has 0 atom stereocenters. The molecule has 0 radical (unpaired) electrons. The summed E-state index contributed by atoms with van der Waals surface area (Å²) in [5.74, 6) is 0.900. The maximum absolute atomic E-state index is 5.33. The molecule has 1 nitrogen and oxygen atoms in total. The van der Waals surface area contributed by atoms with E-state index in [2.05, 4.69) is 31.7 Å². The second-order valence-corrected chi connectivity index (χ2v) is 4.13. The summed E-state index contributed by atoms with van der Waals surface area (Å²) < 4.78 is 5.33. The molecule has 0 unspecified atom stereocenters. The van der Waals surface area contributed by atoms with Gasteiger partial charge in [-0.25, -0.2) is 0 Å². The summed E-state index contributed by atoms with van der Waals surface area (Å²) in [6.45, 7) is 2.06. The molecule has 0 aromatic heterocycles. The van der Waals surface area contributed by atoms with E-state index in [4.69, 9.17) is 4.74 Å². The van der Waals surface area contributed by atoms with Crippen molar-refractivity contribution in [1.29, 1.82) is 0 Å². The van der Waals surface area contributed by atoms with E-state index >= 15 is 0 Å². The number of ether oxygens (including phenoxy) is 1. The zero-order chi connectivity index (χ0) is 11.5. The molecular formula is C14H14OS. The van der Waals surface area contributed by atoms with E-state index in [0.717, 1.165) is 21.8 Å². The molecule has 2 aromatic carbocycles. The van der Waals surface area contributed by atoms with Crippen molar-refractivity contribution in [3.8, 4) is 16.9 Å². The maximum atomic E-state index is 5.33. The number of methoxy groups -OCH3 is 1. The molecule has 0 saturated heterocycles. The summed E-state index contributed by atoms with van der Waals surface area (Å²) in [4.78, 5) is 0.976. The molecule has 2 aromatic rings. The van der Waals surface area contributed by atoms with Gasteiger partial charge in [0.25, 0.3) is 0 Å². The summed E-state index contributed by atoms with van der Waals surface area (Å²) in [6.07, 6.45) is 0. The van der Waals surface area contributed by atoms with Gasteiger partial charge in [-0.05, 0) is 30.2 Å². The van der Waals surface area contributed by atoms with Crippen LogP contribution in [0, 0.1) is 6.92 Å². The molecule has 0 bridgehead atoms. The lowest BCUT2D eigenvalue weighted by Crippen LogP contribution is -1.91. The lowest BCUT2D eigenvalue weighted by Gasteiger charge is -2.13. The van der Waals surface area contributed by atoms with Crippen LogP contribution in [0.4, 0.5) is 0 Å². The third-order valence-corrected chi connectivity index (χ3v) is 3.05. The van der Waals surface area contributed by atoms with Crippen molar-refractivity contribution >= 4 is 12.6 Å². The minimum Gasteiger partial charge on any atom is -0.496 e. The van der Waals surface area contributed by atoms with E-state index in [1.165, 1.54) is 5.56 Å². The van der Waals surface area contributed by atoms with Gasteiger partial charge in [0.2, 0.25) is 0 Å². The molecule has 2 rings (SSSR count). The molecule has 0 spiro atoms. The lowest BCUT2D eigenvalue weighted by atomic mass is 10.00. The first kappa shape index (κ1) is 11.1. The standard InChI is InChI=1S/C14H14OS/c1-10-12(15-2)8-9-13(16)14(10)11-6-4-3-5-7-11/h3-9,16H,1-2H3. The summed E-state index contributed by atoms with van der Waals surface area (Å²) in [6, 6.07) is 14.2. The van der Waals surface area contributed by atoms with Crippen LogP contribution in [0.1, 0.15) is 5.56 Å². The summed E-state index contributed by atoms with van der Waals surface area (Å²) in [5, 5.41) is 0. The number of hydrogen-bond donors (Lipinski definition) is 1. The van der Waals surface area contributed by atoms with E-state index in [1.807, 2.05) is 30.3 Å². The van der Waals surface area contributed by atoms with Gasteiger partial charge >= 0.3 is 0 Å². The highest BCUT2D eigenvalue weighted by Gasteiger charge is 2.09. The third kappa shape index (κ3) is 1.93. The minimum absolute atomic E-state index is 0.900. The van der Waals surface area contributed by atoms with Gasteiger partial charge in [-0.3, -0.25) is 0 Å². The first-order chi connectivity index (χ1) is 7.74. The van der Waals surface area contributed by atoms with Crippen LogP contribution >= 0.6 is 12.6 Å². The van der Waals surface area contributed by atoms with Crippen molar-refractivity contribution in [3.63, 3.8) is 0 Å². The average molecular weight is 230 g/mol.